The Morgan fingerprint density at radius 1 is 0.968 bits per heavy atom. The van der Waals surface area contributed by atoms with Crippen molar-refractivity contribution in [3.8, 4) is 11.5 Å². The Kier molecular flexibility index (Phi) is 7.42. The van der Waals surface area contributed by atoms with Crippen LogP contribution in [0.5, 0.6) is 11.5 Å². The van der Waals surface area contributed by atoms with Crippen molar-refractivity contribution in [2.24, 2.45) is 0 Å². The fraction of sp³-hybridized carbons (Fsp3) is 0.240. The van der Waals surface area contributed by atoms with Crippen molar-refractivity contribution in [3.63, 3.8) is 0 Å². The van der Waals surface area contributed by atoms with E-state index in [1.807, 2.05) is 51.1 Å². The average Bonchev–Trinajstić information content (AvgIpc) is 2.74. The van der Waals surface area contributed by atoms with E-state index in [4.69, 9.17) is 21.1 Å². The Morgan fingerprint density at radius 3 is 2.42 bits per heavy atom. The molecule has 3 rings (SSSR count). The minimum absolute atomic E-state index is 0.231. The van der Waals surface area contributed by atoms with Crippen LogP contribution in [-0.2, 0) is 13.2 Å². The molecule has 3 aromatic carbocycles. The van der Waals surface area contributed by atoms with E-state index in [-0.39, 0.29) is 5.56 Å². The summed E-state index contributed by atoms with van der Waals surface area (Å²) < 4.78 is 11.8. The number of aryl methyl sites for hydroxylation is 2. The number of ether oxygens (including phenoxy) is 2. The molecule has 2 N–H and O–H groups in total. The number of aromatic carboxylic acids is 1. The van der Waals surface area contributed by atoms with Gasteiger partial charge in [0.2, 0.25) is 0 Å². The Bertz CT molecular complexity index is 1080. The van der Waals surface area contributed by atoms with Gasteiger partial charge in [-0.25, -0.2) is 4.79 Å². The largest absolute Gasteiger partial charge is 0.490 e. The van der Waals surface area contributed by atoms with Crippen LogP contribution in [0.25, 0.3) is 0 Å². The SMILES string of the molecule is CCOc1cc(CNc2cc(C(=O)O)ccc2C)c(Cl)cc1OCc1ccccc1C. The minimum Gasteiger partial charge on any atom is -0.490 e. The van der Waals surface area contributed by atoms with E-state index in [0.717, 1.165) is 27.9 Å². The summed E-state index contributed by atoms with van der Waals surface area (Å²) in [5.41, 5.74) is 5.01. The third kappa shape index (κ3) is 5.70. The highest BCUT2D eigenvalue weighted by molar-refractivity contribution is 6.31. The molecule has 0 saturated carbocycles. The summed E-state index contributed by atoms with van der Waals surface area (Å²) in [6.07, 6.45) is 0. The molecule has 0 aliphatic heterocycles. The van der Waals surface area contributed by atoms with Crippen molar-refractivity contribution in [1.82, 2.24) is 0 Å². The smallest absolute Gasteiger partial charge is 0.335 e. The summed E-state index contributed by atoms with van der Waals surface area (Å²) in [5.74, 6) is 0.242. The zero-order chi connectivity index (χ0) is 22.4. The number of nitrogens with one attached hydrogen (secondary N) is 1. The highest BCUT2D eigenvalue weighted by Gasteiger charge is 2.13. The number of carbonyl (C=O) groups is 1. The van der Waals surface area contributed by atoms with Gasteiger partial charge >= 0.3 is 5.97 Å². The van der Waals surface area contributed by atoms with Crippen LogP contribution in [0, 0.1) is 13.8 Å². The number of anilines is 1. The van der Waals surface area contributed by atoms with Gasteiger partial charge in [0.1, 0.15) is 6.61 Å². The normalized spacial score (nSPS) is 10.6. The molecule has 0 heterocycles. The molecule has 0 fully saturated rings. The molecule has 0 aromatic heterocycles. The second-order valence-corrected chi connectivity index (χ2v) is 7.63. The van der Waals surface area contributed by atoms with Crippen LogP contribution in [-0.4, -0.2) is 17.7 Å². The monoisotopic (exact) mass is 439 g/mol. The van der Waals surface area contributed by atoms with Crippen molar-refractivity contribution < 1.29 is 19.4 Å². The third-order valence-electron chi connectivity index (χ3n) is 5.01. The quantitative estimate of drug-likeness (QED) is 0.412. The van der Waals surface area contributed by atoms with Gasteiger partial charge in [0, 0.05) is 23.3 Å². The number of hydrogen-bond donors (Lipinski definition) is 2. The lowest BCUT2D eigenvalue weighted by atomic mass is 10.1. The zero-order valence-corrected chi connectivity index (χ0v) is 18.6. The van der Waals surface area contributed by atoms with Crippen LogP contribution in [0.15, 0.2) is 54.6 Å². The van der Waals surface area contributed by atoms with E-state index < -0.39 is 5.97 Å². The third-order valence-corrected chi connectivity index (χ3v) is 5.36. The molecule has 6 heteroatoms. The van der Waals surface area contributed by atoms with Crippen LogP contribution < -0.4 is 14.8 Å². The van der Waals surface area contributed by atoms with Crippen molar-refractivity contribution >= 4 is 23.3 Å². The van der Waals surface area contributed by atoms with Gasteiger partial charge in [-0.15, -0.1) is 0 Å². The van der Waals surface area contributed by atoms with Crippen LogP contribution in [0.2, 0.25) is 5.02 Å². The standard InChI is InChI=1S/C25H26ClNO4/c1-4-30-23-12-20(14-27-22-11-18(25(28)29)10-9-17(22)3)21(26)13-24(23)31-15-19-8-6-5-7-16(19)2/h5-13,27H,4,14-15H2,1-3H3,(H,28,29). The first-order valence-electron chi connectivity index (χ1n) is 10.1. The molecule has 0 atom stereocenters. The number of rotatable bonds is 9. The minimum atomic E-state index is -0.963. The Balaban J connectivity index is 1.79. The van der Waals surface area contributed by atoms with Gasteiger partial charge in [0.15, 0.2) is 11.5 Å². The lowest BCUT2D eigenvalue weighted by Crippen LogP contribution is -2.06. The number of carboxylic acid groups (broad SMARTS) is 1. The highest BCUT2D eigenvalue weighted by atomic mass is 35.5. The summed E-state index contributed by atoms with van der Waals surface area (Å²) in [6.45, 7) is 7.21. The van der Waals surface area contributed by atoms with Gasteiger partial charge in [-0.2, -0.15) is 0 Å². The van der Waals surface area contributed by atoms with Crippen molar-refractivity contribution in [1.29, 1.82) is 0 Å². The Labute approximate surface area is 187 Å². The van der Waals surface area contributed by atoms with Crippen molar-refractivity contribution in [2.75, 3.05) is 11.9 Å². The van der Waals surface area contributed by atoms with Crippen molar-refractivity contribution in [3.05, 3.63) is 87.4 Å². The molecule has 0 unspecified atom stereocenters. The summed E-state index contributed by atoms with van der Waals surface area (Å²) in [4.78, 5) is 11.3. The zero-order valence-electron chi connectivity index (χ0n) is 17.9. The number of halogens is 1. The van der Waals surface area contributed by atoms with Gasteiger partial charge in [-0.05, 0) is 61.2 Å². The summed E-state index contributed by atoms with van der Waals surface area (Å²) in [7, 11) is 0. The second-order valence-electron chi connectivity index (χ2n) is 7.23. The lowest BCUT2D eigenvalue weighted by molar-refractivity contribution is 0.0697. The fourth-order valence-corrected chi connectivity index (χ4v) is 3.38. The van der Waals surface area contributed by atoms with E-state index in [0.29, 0.717) is 36.3 Å². The maximum absolute atomic E-state index is 11.3. The molecular weight excluding hydrogens is 414 g/mol. The van der Waals surface area contributed by atoms with Gasteiger partial charge < -0.3 is 19.9 Å². The molecule has 3 aromatic rings. The maximum Gasteiger partial charge on any atom is 0.335 e. The van der Waals surface area contributed by atoms with Gasteiger partial charge in [0.05, 0.1) is 12.2 Å². The van der Waals surface area contributed by atoms with E-state index in [9.17, 15) is 9.90 Å². The molecule has 31 heavy (non-hydrogen) atoms. The van der Waals surface area contributed by atoms with E-state index >= 15 is 0 Å². The Hall–Kier alpha value is -3.18. The van der Waals surface area contributed by atoms with Crippen LogP contribution in [0.3, 0.4) is 0 Å². The first-order chi connectivity index (χ1) is 14.9. The molecular formula is C25H26ClNO4. The molecule has 0 spiro atoms. The molecule has 0 aliphatic carbocycles. The average molecular weight is 440 g/mol. The molecule has 0 bridgehead atoms. The molecule has 0 aliphatic rings. The number of hydrogen-bond acceptors (Lipinski definition) is 4. The molecule has 0 radical (unpaired) electrons. The van der Waals surface area contributed by atoms with Crippen molar-refractivity contribution in [2.45, 2.75) is 33.9 Å². The first-order valence-corrected chi connectivity index (χ1v) is 10.5. The first kappa shape index (κ1) is 22.5. The summed E-state index contributed by atoms with van der Waals surface area (Å²) in [6, 6.07) is 16.7. The maximum atomic E-state index is 11.3. The van der Waals surface area contributed by atoms with E-state index in [1.54, 1.807) is 24.3 Å². The van der Waals surface area contributed by atoms with Crippen LogP contribution in [0.4, 0.5) is 5.69 Å². The van der Waals surface area contributed by atoms with E-state index in [1.165, 1.54) is 0 Å². The van der Waals surface area contributed by atoms with Crippen LogP contribution >= 0.6 is 11.6 Å². The topological polar surface area (TPSA) is 67.8 Å². The summed E-state index contributed by atoms with van der Waals surface area (Å²) in [5, 5.41) is 13.0. The number of benzene rings is 3. The fourth-order valence-electron chi connectivity index (χ4n) is 3.16. The second kappa shape index (κ2) is 10.2. The highest BCUT2D eigenvalue weighted by Crippen LogP contribution is 2.35. The molecule has 0 amide bonds. The Morgan fingerprint density at radius 2 is 1.71 bits per heavy atom. The molecule has 162 valence electrons. The lowest BCUT2D eigenvalue weighted by Gasteiger charge is -2.17. The van der Waals surface area contributed by atoms with Crippen LogP contribution in [0.1, 0.15) is 39.5 Å². The van der Waals surface area contributed by atoms with Gasteiger partial charge in [-0.1, -0.05) is 41.9 Å². The van der Waals surface area contributed by atoms with Gasteiger partial charge in [0.25, 0.3) is 0 Å². The van der Waals surface area contributed by atoms with Gasteiger partial charge in [-0.3, -0.25) is 0 Å². The number of carboxylic acids is 1. The predicted octanol–water partition coefficient (Wildman–Crippen LogP) is 6.24. The van der Waals surface area contributed by atoms with E-state index in [2.05, 4.69) is 5.32 Å². The molecule has 0 saturated heterocycles. The molecule has 5 nitrogen and oxygen atoms in total. The predicted molar refractivity (Wildman–Crippen MR) is 124 cm³/mol. The summed E-state index contributed by atoms with van der Waals surface area (Å²) >= 11 is 6.53.